The van der Waals surface area contributed by atoms with Crippen LogP contribution in [0.25, 0.3) is 17.4 Å². The molecule has 0 spiro atoms. The summed E-state index contributed by atoms with van der Waals surface area (Å²) in [7, 11) is 0. The summed E-state index contributed by atoms with van der Waals surface area (Å²) in [5, 5.41) is 5.78. The van der Waals surface area contributed by atoms with E-state index in [1.165, 1.54) is 4.52 Å². The lowest BCUT2D eigenvalue weighted by atomic mass is 10.0. The fraction of sp³-hybridized carbons (Fsp3) is 0.333. The smallest absolute Gasteiger partial charge is 0.259 e. The van der Waals surface area contributed by atoms with Gasteiger partial charge in [0.25, 0.3) is 5.78 Å². The molecule has 0 bridgehead atoms. The summed E-state index contributed by atoms with van der Waals surface area (Å²) in [5.74, 6) is 2.71. The van der Waals surface area contributed by atoms with Crippen molar-refractivity contribution in [1.29, 1.82) is 0 Å². The molecule has 4 aromatic rings. The summed E-state index contributed by atoms with van der Waals surface area (Å²) in [6.07, 6.45) is 2.68. The van der Waals surface area contributed by atoms with Crippen molar-refractivity contribution in [3.8, 4) is 11.6 Å². The van der Waals surface area contributed by atoms with E-state index in [1.807, 2.05) is 18.2 Å². The molecule has 9 nitrogen and oxygen atoms in total. The fourth-order valence-electron chi connectivity index (χ4n) is 4.74. The van der Waals surface area contributed by atoms with Gasteiger partial charge in [-0.15, -0.1) is 5.10 Å². The lowest BCUT2D eigenvalue weighted by Crippen LogP contribution is -2.35. The van der Waals surface area contributed by atoms with E-state index in [2.05, 4.69) is 29.9 Å². The van der Waals surface area contributed by atoms with E-state index in [4.69, 9.17) is 33.4 Å². The van der Waals surface area contributed by atoms with Crippen molar-refractivity contribution in [3.63, 3.8) is 0 Å². The second kappa shape index (κ2) is 7.61. The number of halogens is 2. The summed E-state index contributed by atoms with van der Waals surface area (Å²) < 4.78 is 6.82. The molecule has 164 valence electrons. The maximum Gasteiger partial charge on any atom is 0.259 e. The Labute approximate surface area is 193 Å². The number of nitrogens with two attached hydrogens (primary N) is 1. The molecule has 2 saturated heterocycles. The highest BCUT2D eigenvalue weighted by Crippen LogP contribution is 2.36. The third-order valence-electron chi connectivity index (χ3n) is 6.33. The summed E-state index contributed by atoms with van der Waals surface area (Å²) in [6.45, 7) is 3.42. The van der Waals surface area contributed by atoms with Crippen LogP contribution in [0.4, 0.5) is 11.9 Å². The predicted molar refractivity (Wildman–Crippen MR) is 122 cm³/mol. The molecule has 5 heterocycles. The normalized spacial score (nSPS) is 21.0. The molecule has 2 aliphatic rings. The number of furan rings is 1. The zero-order chi connectivity index (χ0) is 21.8. The maximum atomic E-state index is 6.41. The molecule has 11 heteroatoms. The second-order valence-corrected chi connectivity index (χ2v) is 9.01. The Morgan fingerprint density at radius 3 is 2.69 bits per heavy atom. The first-order valence-corrected chi connectivity index (χ1v) is 11.2. The van der Waals surface area contributed by atoms with E-state index in [0.29, 0.717) is 45.3 Å². The molecule has 3 aromatic heterocycles. The number of nitrogen functional groups attached to an aromatic ring is 1. The lowest BCUT2D eigenvalue weighted by Gasteiger charge is -2.25. The van der Waals surface area contributed by atoms with Crippen LogP contribution >= 0.6 is 23.2 Å². The van der Waals surface area contributed by atoms with Crippen LogP contribution in [0.2, 0.25) is 10.0 Å². The van der Waals surface area contributed by atoms with Crippen molar-refractivity contribution in [2.75, 3.05) is 30.3 Å². The summed E-state index contributed by atoms with van der Waals surface area (Å²) in [4.78, 5) is 18.2. The van der Waals surface area contributed by atoms with Crippen LogP contribution in [0.3, 0.4) is 0 Å². The monoisotopic (exact) mass is 470 g/mol. The first-order chi connectivity index (χ1) is 15.6. The molecular formula is C21H20Cl2N8O. The van der Waals surface area contributed by atoms with Gasteiger partial charge in [0.15, 0.2) is 5.76 Å². The van der Waals surface area contributed by atoms with Crippen LogP contribution in [0.1, 0.15) is 12.0 Å². The number of nitrogens with zero attached hydrogens (tertiary/aromatic N) is 7. The van der Waals surface area contributed by atoms with E-state index in [1.54, 1.807) is 18.4 Å². The molecule has 0 radical (unpaired) electrons. The average Bonchev–Trinajstić information content (AvgIpc) is 3.55. The van der Waals surface area contributed by atoms with Gasteiger partial charge in [-0.05, 0) is 43.1 Å². The summed E-state index contributed by atoms with van der Waals surface area (Å²) >= 11 is 12.8. The van der Waals surface area contributed by atoms with Crippen molar-refractivity contribution < 1.29 is 4.42 Å². The summed E-state index contributed by atoms with van der Waals surface area (Å²) in [6, 6.07) is 9.60. The van der Waals surface area contributed by atoms with Crippen LogP contribution in [0.5, 0.6) is 0 Å². The SMILES string of the molecule is Nc1nc(N2CC3CCN(Cc4c(Cl)cccc4Cl)C3C2)nc2nc(-c3ccco3)nn12. The standard InChI is InChI=1S/C21H20Cl2N8O/c22-14-3-1-4-15(23)13(14)10-29-7-6-12-9-30(11-16(12)29)20-26-19(24)31-21(27-20)25-18(28-31)17-5-2-8-32-17/h1-5,8,12,16H,6-7,9-11H2,(H2,24,25,26,27,28). The van der Waals surface area contributed by atoms with Crippen molar-refractivity contribution >= 4 is 40.9 Å². The molecule has 0 saturated carbocycles. The number of hydrogen-bond acceptors (Lipinski definition) is 8. The van der Waals surface area contributed by atoms with Crippen LogP contribution in [-0.2, 0) is 6.54 Å². The van der Waals surface area contributed by atoms with Gasteiger partial charge in [-0.1, -0.05) is 29.3 Å². The Balaban J connectivity index is 1.25. The van der Waals surface area contributed by atoms with Crippen molar-refractivity contribution in [3.05, 3.63) is 52.2 Å². The number of fused-ring (bicyclic) bond motifs is 2. The van der Waals surface area contributed by atoms with Gasteiger partial charge < -0.3 is 15.1 Å². The molecular weight excluding hydrogens is 451 g/mol. The molecule has 6 rings (SSSR count). The Hall–Kier alpha value is -2.88. The van der Waals surface area contributed by atoms with Crippen molar-refractivity contribution in [1.82, 2.24) is 29.5 Å². The third kappa shape index (κ3) is 3.28. The van der Waals surface area contributed by atoms with E-state index in [9.17, 15) is 0 Å². The Kier molecular flexibility index (Phi) is 4.71. The van der Waals surface area contributed by atoms with Gasteiger partial charge >= 0.3 is 0 Å². The van der Waals surface area contributed by atoms with Gasteiger partial charge in [0.1, 0.15) is 0 Å². The molecule has 2 aliphatic heterocycles. The Bertz CT molecular complexity index is 1270. The molecule has 0 amide bonds. The van der Waals surface area contributed by atoms with Crippen LogP contribution in [0.15, 0.2) is 41.0 Å². The first-order valence-electron chi connectivity index (χ1n) is 10.4. The fourth-order valence-corrected chi connectivity index (χ4v) is 5.26. The van der Waals surface area contributed by atoms with Crippen LogP contribution in [-0.4, -0.2) is 55.1 Å². The quantitative estimate of drug-likeness (QED) is 0.484. The van der Waals surface area contributed by atoms with Gasteiger partial charge in [0.05, 0.1) is 6.26 Å². The third-order valence-corrected chi connectivity index (χ3v) is 7.04. The topological polar surface area (TPSA) is 102 Å². The minimum Gasteiger partial charge on any atom is -0.461 e. The number of hydrogen-bond donors (Lipinski definition) is 1. The molecule has 32 heavy (non-hydrogen) atoms. The predicted octanol–water partition coefficient (Wildman–Crippen LogP) is 3.38. The van der Waals surface area contributed by atoms with E-state index >= 15 is 0 Å². The molecule has 1 aromatic carbocycles. The van der Waals surface area contributed by atoms with Gasteiger partial charge in [0, 0.05) is 41.3 Å². The molecule has 2 unspecified atom stereocenters. The number of benzene rings is 1. The zero-order valence-corrected chi connectivity index (χ0v) is 18.5. The summed E-state index contributed by atoms with van der Waals surface area (Å²) in [5.41, 5.74) is 7.16. The highest BCUT2D eigenvalue weighted by molar-refractivity contribution is 6.35. The van der Waals surface area contributed by atoms with Crippen LogP contribution < -0.4 is 10.6 Å². The second-order valence-electron chi connectivity index (χ2n) is 8.20. The molecule has 0 aliphatic carbocycles. The molecule has 2 fully saturated rings. The number of aromatic nitrogens is 5. The maximum absolute atomic E-state index is 6.41. The first kappa shape index (κ1) is 19.8. The molecule has 2 atom stereocenters. The Morgan fingerprint density at radius 1 is 1.06 bits per heavy atom. The van der Waals surface area contributed by atoms with E-state index in [-0.39, 0.29) is 5.95 Å². The number of likely N-dealkylation sites (tertiary alicyclic amines) is 1. The number of rotatable bonds is 4. The highest BCUT2D eigenvalue weighted by atomic mass is 35.5. The Morgan fingerprint density at radius 2 is 1.91 bits per heavy atom. The minimum absolute atomic E-state index is 0.243. The average molecular weight is 471 g/mol. The van der Waals surface area contributed by atoms with E-state index in [0.717, 1.165) is 38.2 Å². The largest absolute Gasteiger partial charge is 0.461 e. The van der Waals surface area contributed by atoms with Gasteiger partial charge in [-0.2, -0.15) is 19.5 Å². The zero-order valence-electron chi connectivity index (χ0n) is 17.0. The van der Waals surface area contributed by atoms with Gasteiger partial charge in [0.2, 0.25) is 17.7 Å². The molecule has 2 N–H and O–H groups in total. The van der Waals surface area contributed by atoms with Crippen molar-refractivity contribution in [2.24, 2.45) is 5.92 Å². The number of anilines is 2. The van der Waals surface area contributed by atoms with Crippen molar-refractivity contribution in [2.45, 2.75) is 19.0 Å². The minimum atomic E-state index is 0.243. The van der Waals surface area contributed by atoms with E-state index < -0.39 is 0 Å². The van der Waals surface area contributed by atoms with Gasteiger partial charge in [-0.25, -0.2) is 0 Å². The van der Waals surface area contributed by atoms with Crippen LogP contribution in [0, 0.1) is 5.92 Å². The lowest BCUT2D eigenvalue weighted by molar-refractivity contribution is 0.246. The van der Waals surface area contributed by atoms with Gasteiger partial charge in [-0.3, -0.25) is 4.90 Å². The highest BCUT2D eigenvalue weighted by Gasteiger charge is 2.42.